The molecule has 0 amide bonds. The van der Waals surface area contributed by atoms with Crippen molar-refractivity contribution >= 4 is 46.1 Å². The largest absolute Gasteiger partial charge is 0.486 e. The molecule has 12 heteroatoms. The van der Waals surface area contributed by atoms with Gasteiger partial charge in [-0.15, -0.1) is 0 Å². The van der Waals surface area contributed by atoms with Crippen LogP contribution < -0.4 is 41.4 Å². The van der Waals surface area contributed by atoms with E-state index < -0.39 is 0 Å². The van der Waals surface area contributed by atoms with Crippen LogP contribution in [0.2, 0.25) is 10.0 Å². The van der Waals surface area contributed by atoms with E-state index in [1.807, 2.05) is 80.6 Å². The van der Waals surface area contributed by atoms with Gasteiger partial charge < -0.3 is 41.4 Å². The predicted molar refractivity (Wildman–Crippen MR) is 349 cm³/mol. The summed E-state index contributed by atoms with van der Waals surface area (Å²) in [5, 5.41) is 21.5. The van der Waals surface area contributed by atoms with Gasteiger partial charge in [-0.3, -0.25) is 9.79 Å². The quantitative estimate of drug-likeness (QED) is 0.0309. The highest BCUT2D eigenvalue weighted by atomic mass is 35.5. The molecule has 2 aliphatic rings. The van der Waals surface area contributed by atoms with E-state index in [1.165, 1.54) is 35.2 Å². The Morgan fingerprint density at radius 3 is 1.64 bits per heavy atom. The molecule has 0 aromatic heterocycles. The summed E-state index contributed by atoms with van der Waals surface area (Å²) in [6.07, 6.45) is 5.44. The topological polar surface area (TPSA) is 120 Å². The normalized spacial score (nSPS) is 12.1. The molecule has 6 aromatic rings. The number of carbonyl (C=O) groups excluding carboxylic acids is 1. The van der Waals surface area contributed by atoms with E-state index in [9.17, 15) is 4.79 Å². The summed E-state index contributed by atoms with van der Waals surface area (Å²) in [5.74, 6) is 1.81. The van der Waals surface area contributed by atoms with Crippen LogP contribution in [0.4, 0.5) is 11.4 Å². The Bertz CT molecular complexity index is 2640. The SMILES string of the molecule is CC(C)(C)Nc1ccc2c(c1)OCCO2.CC(C)NCC(=O)c1ccccc1.CC(C)NCCC1=Nc2ccccc2C1.CC(C)NCCCc1ccccc1.CC(C)NCCc1ccc(Cl)cc1Cl.CC(C)NCc1ccccc1. The number of aliphatic imine (C=N–C) groups is 1. The first-order chi connectivity index (χ1) is 38.7. The van der Waals surface area contributed by atoms with Crippen molar-refractivity contribution in [3.8, 4) is 11.5 Å². The van der Waals surface area contributed by atoms with Crippen molar-refractivity contribution in [1.82, 2.24) is 26.6 Å². The number of halogens is 2. The van der Waals surface area contributed by atoms with Crippen LogP contribution in [0.5, 0.6) is 11.5 Å². The Hall–Kier alpha value is -5.56. The summed E-state index contributed by atoms with van der Waals surface area (Å²) in [5.41, 5.74) is 9.67. The molecule has 0 radical (unpaired) electrons. The third-order valence-electron chi connectivity index (χ3n) is 12.0. The van der Waals surface area contributed by atoms with Crippen molar-refractivity contribution < 1.29 is 14.3 Å². The van der Waals surface area contributed by atoms with Gasteiger partial charge in [-0.25, -0.2) is 0 Å². The maximum atomic E-state index is 11.5. The second kappa shape index (κ2) is 39.8. The van der Waals surface area contributed by atoms with Crippen molar-refractivity contribution in [3.05, 3.63) is 190 Å². The molecular weight excluding hydrogens is 1050 g/mol. The lowest BCUT2D eigenvalue weighted by Crippen LogP contribution is -2.29. The third kappa shape index (κ3) is 33.2. The van der Waals surface area contributed by atoms with Crippen LogP contribution in [0.25, 0.3) is 0 Å². The molecule has 6 aromatic carbocycles. The Morgan fingerprint density at radius 1 is 0.543 bits per heavy atom. The molecule has 0 aliphatic carbocycles. The summed E-state index contributed by atoms with van der Waals surface area (Å²) in [6, 6.07) is 53.0. The van der Waals surface area contributed by atoms with Crippen LogP contribution in [0.15, 0.2) is 157 Å². The maximum Gasteiger partial charge on any atom is 0.176 e. The van der Waals surface area contributed by atoms with Crippen molar-refractivity contribution in [2.24, 2.45) is 4.99 Å². The molecule has 0 atom stereocenters. The Labute approximate surface area is 499 Å². The number of carbonyl (C=O) groups is 1. The Balaban J connectivity index is 0.000000256. The lowest BCUT2D eigenvalue weighted by atomic mass is 10.1. The molecule has 0 fully saturated rings. The minimum Gasteiger partial charge on any atom is -0.486 e. The first kappa shape index (κ1) is 69.7. The highest BCUT2D eigenvalue weighted by molar-refractivity contribution is 6.35. The number of ketones is 1. The highest BCUT2D eigenvalue weighted by Crippen LogP contribution is 2.33. The minimum atomic E-state index is 0.0593. The number of rotatable bonds is 21. The molecule has 8 rings (SSSR count). The molecule has 0 spiro atoms. The van der Waals surface area contributed by atoms with Crippen LogP contribution in [0.3, 0.4) is 0 Å². The second-order valence-electron chi connectivity index (χ2n) is 22.7. The standard InChI is InChI=1S/C13H18N2.C12H17NO2.C12H19N.C11H15Cl2N.C11H15NO.C10H15N/c1-10(2)14-8-7-12-9-11-5-3-4-6-13(11)15-12;1-12(2,3)13-9-4-5-10-11(8-9)15-7-6-14-10;1-11(2)13-10-6-9-12-7-4-3-5-8-12;1-8(2)14-6-5-9-3-4-10(12)7-11(9)13;1-9(2)12-8-11(13)10-6-4-3-5-7-10;1-9(2)11-8-10-6-4-3-5-7-10/h3-6,10,14H,7-9H2,1-2H3;4-5,8,13H,6-7H2,1-3H3;3-5,7-8,11,13H,6,9-10H2,1-2H3;3-4,7-8,14H,5-6H2,1-2H3;3-7,9,12H,8H2,1-2H3;3-7,9,11H,8H2,1-2H3. The van der Waals surface area contributed by atoms with Gasteiger partial charge in [-0.2, -0.15) is 0 Å². The molecule has 0 bridgehead atoms. The van der Waals surface area contributed by atoms with Gasteiger partial charge >= 0.3 is 0 Å². The summed E-state index contributed by atoms with van der Waals surface area (Å²) >= 11 is 11.8. The number of fused-ring (bicyclic) bond motifs is 2. The van der Waals surface area contributed by atoms with Gasteiger partial charge in [0, 0.05) is 88.3 Å². The molecule has 2 aliphatic heterocycles. The molecule has 0 saturated heterocycles. The number of ether oxygens (including phenoxy) is 2. The van der Waals surface area contributed by atoms with Crippen LogP contribution in [0.1, 0.15) is 135 Å². The summed E-state index contributed by atoms with van der Waals surface area (Å²) in [4.78, 5) is 16.1. The second-order valence-corrected chi connectivity index (χ2v) is 23.6. The van der Waals surface area contributed by atoms with E-state index in [2.05, 4.69) is 192 Å². The fraction of sp³-hybridized carbons (Fsp3) is 0.449. The number of hydrogen-bond acceptors (Lipinski definition) is 10. The number of aryl methyl sites for hydroxylation is 1. The van der Waals surface area contributed by atoms with Gasteiger partial charge in [-0.1, -0.05) is 208 Å². The van der Waals surface area contributed by atoms with E-state index in [0.29, 0.717) is 55.0 Å². The first-order valence-corrected chi connectivity index (χ1v) is 30.0. The highest BCUT2D eigenvalue weighted by Gasteiger charge is 2.15. The minimum absolute atomic E-state index is 0.0593. The van der Waals surface area contributed by atoms with Crippen LogP contribution in [-0.2, 0) is 25.8 Å². The summed E-state index contributed by atoms with van der Waals surface area (Å²) in [7, 11) is 0. The average Bonchev–Trinajstić information content (AvgIpc) is 3.85. The molecule has 81 heavy (non-hydrogen) atoms. The number of benzene rings is 6. The lowest BCUT2D eigenvalue weighted by molar-refractivity contribution is 0.0988. The van der Waals surface area contributed by atoms with E-state index in [0.717, 1.165) is 84.5 Å². The van der Waals surface area contributed by atoms with Gasteiger partial charge in [0.2, 0.25) is 0 Å². The van der Waals surface area contributed by atoms with E-state index in [1.54, 1.807) is 6.07 Å². The molecule has 442 valence electrons. The number of Topliss-reactive ketones (excluding diaryl/α,β-unsaturated/α-hetero) is 1. The molecule has 2 heterocycles. The zero-order valence-corrected chi connectivity index (χ0v) is 52.7. The Morgan fingerprint density at radius 2 is 1.07 bits per heavy atom. The number of hydrogen-bond donors (Lipinski definition) is 6. The molecule has 0 saturated carbocycles. The number of nitrogens with zero attached hydrogens (tertiary/aromatic N) is 1. The molecule has 0 unspecified atom stereocenters. The fourth-order valence-electron chi connectivity index (χ4n) is 7.89. The van der Waals surface area contributed by atoms with Gasteiger partial charge in [0.1, 0.15) is 13.2 Å². The molecule has 6 N–H and O–H groups in total. The molecular formula is C69H99Cl2N7O3. The van der Waals surface area contributed by atoms with Crippen LogP contribution in [-0.4, -0.2) is 86.6 Å². The zero-order chi connectivity index (χ0) is 59.4. The van der Waals surface area contributed by atoms with Gasteiger partial charge in [0.05, 0.1) is 12.2 Å². The average molecular weight is 1150 g/mol. The zero-order valence-electron chi connectivity index (χ0n) is 51.2. The van der Waals surface area contributed by atoms with Crippen molar-refractivity contribution in [2.45, 2.75) is 164 Å². The van der Waals surface area contributed by atoms with Crippen LogP contribution in [0, 0.1) is 0 Å². The number of anilines is 1. The maximum absolute atomic E-state index is 11.5. The van der Waals surface area contributed by atoms with Gasteiger partial charge in [-0.05, 0) is 112 Å². The fourth-order valence-corrected chi connectivity index (χ4v) is 8.39. The lowest BCUT2D eigenvalue weighted by Gasteiger charge is -2.24. The van der Waals surface area contributed by atoms with Crippen molar-refractivity contribution in [1.29, 1.82) is 0 Å². The first-order valence-electron chi connectivity index (χ1n) is 29.3. The number of nitrogens with one attached hydrogen (secondary N) is 6. The third-order valence-corrected chi connectivity index (χ3v) is 12.6. The van der Waals surface area contributed by atoms with Crippen LogP contribution >= 0.6 is 23.2 Å². The van der Waals surface area contributed by atoms with E-state index in [4.69, 9.17) is 32.7 Å². The van der Waals surface area contributed by atoms with Crippen molar-refractivity contribution in [3.63, 3.8) is 0 Å². The summed E-state index contributed by atoms with van der Waals surface area (Å²) < 4.78 is 11.0. The van der Waals surface area contributed by atoms with Crippen molar-refractivity contribution in [2.75, 3.05) is 44.7 Å². The number of para-hydroxylation sites is 1. The molecule has 10 nitrogen and oxygen atoms in total. The Kier molecular flexibility index (Phi) is 34.2. The van der Waals surface area contributed by atoms with E-state index >= 15 is 0 Å². The van der Waals surface area contributed by atoms with E-state index in [-0.39, 0.29) is 11.3 Å². The van der Waals surface area contributed by atoms with Gasteiger partial charge in [0.15, 0.2) is 17.3 Å². The smallest absolute Gasteiger partial charge is 0.176 e. The van der Waals surface area contributed by atoms with Gasteiger partial charge in [0.25, 0.3) is 0 Å². The predicted octanol–water partition coefficient (Wildman–Crippen LogP) is 15.6. The summed E-state index contributed by atoms with van der Waals surface area (Å²) in [6.45, 7) is 33.5. The monoisotopic (exact) mass is 1140 g/mol.